The third-order valence-corrected chi connectivity index (χ3v) is 8.61. The smallest absolute Gasteiger partial charge is 0.416 e. The molecule has 6 heterocycles. The standard InChI is InChI=1S/C20H15F3N4O4.C18H11F3N4O4/c1-2-30-19(29)14-8-12(20(21,22)23)6-11-7-13(31-16(11)14)9-25-18(28)15-10-26-27-5-3-4-24-17(15)27;19-18(20,21)10-4-9-5-11(29-14(9)12(6-10)17(27)28)7-23-16(26)13-8-24-25-3-1-2-22-15(13)25/h3-8,10H,2,9H2,1H3,(H,25,28);1-6,8H,7H2,(H,23,26)(H,27,28). The Hall–Kier alpha value is -7.78. The molecule has 3 N–H and O–H groups in total. The summed E-state index contributed by atoms with van der Waals surface area (Å²) in [5, 5.41) is 22.4. The van der Waals surface area contributed by atoms with Gasteiger partial charge in [-0.15, -0.1) is 0 Å². The van der Waals surface area contributed by atoms with Crippen LogP contribution < -0.4 is 10.6 Å². The minimum Gasteiger partial charge on any atom is -0.478 e. The van der Waals surface area contributed by atoms with Crippen molar-refractivity contribution in [1.82, 2.24) is 39.8 Å². The summed E-state index contributed by atoms with van der Waals surface area (Å²) >= 11 is 0. The van der Waals surface area contributed by atoms with Crippen LogP contribution in [-0.4, -0.2) is 64.7 Å². The van der Waals surface area contributed by atoms with E-state index < -0.39 is 52.8 Å². The van der Waals surface area contributed by atoms with Gasteiger partial charge in [-0.3, -0.25) is 9.59 Å². The maximum absolute atomic E-state index is 13.2. The van der Waals surface area contributed by atoms with E-state index in [9.17, 15) is 50.6 Å². The first kappa shape index (κ1) is 40.4. The third-order valence-electron chi connectivity index (χ3n) is 8.61. The van der Waals surface area contributed by atoms with Gasteiger partial charge in [0.1, 0.15) is 44.9 Å². The lowest BCUT2D eigenvalue weighted by molar-refractivity contribution is -0.138. The second-order valence-electron chi connectivity index (χ2n) is 12.6. The number of hydrogen-bond donors (Lipinski definition) is 3. The number of halogens is 6. The number of amides is 2. The Morgan fingerprint density at radius 1 is 0.683 bits per heavy atom. The first-order chi connectivity index (χ1) is 28.5. The lowest BCUT2D eigenvalue weighted by Gasteiger charge is -2.09. The molecule has 60 heavy (non-hydrogen) atoms. The van der Waals surface area contributed by atoms with E-state index in [1.807, 2.05) is 0 Å². The molecule has 0 bridgehead atoms. The van der Waals surface area contributed by atoms with E-state index in [2.05, 4.69) is 30.8 Å². The van der Waals surface area contributed by atoms with Crippen molar-refractivity contribution < 1.29 is 64.2 Å². The van der Waals surface area contributed by atoms with E-state index in [4.69, 9.17) is 13.6 Å². The Kier molecular flexibility index (Phi) is 10.7. The average molecular weight is 837 g/mol. The highest BCUT2D eigenvalue weighted by atomic mass is 19.4. The summed E-state index contributed by atoms with van der Waals surface area (Å²) < 4.78 is 97.4. The van der Waals surface area contributed by atoms with Crippen molar-refractivity contribution in [3.05, 3.63) is 131 Å². The number of carboxylic acids is 1. The number of rotatable bonds is 9. The SMILES string of the molecule is CCOC(=O)c1cc(C(F)(F)F)cc2cc(CNC(=O)c3cnn4cccnc34)oc12.O=C(O)c1cc(C(F)(F)F)cc2cc(CNC(=O)c3cnn4cccnc34)oc12. The molecule has 16 nitrogen and oxygen atoms in total. The minimum absolute atomic E-state index is 0.00607. The predicted molar refractivity (Wildman–Crippen MR) is 194 cm³/mol. The first-order valence-electron chi connectivity index (χ1n) is 17.3. The molecule has 0 unspecified atom stereocenters. The molecule has 0 atom stereocenters. The molecule has 8 rings (SSSR count). The van der Waals surface area contributed by atoms with Gasteiger partial charge in [0.05, 0.1) is 43.2 Å². The van der Waals surface area contributed by atoms with Gasteiger partial charge >= 0.3 is 24.3 Å². The Morgan fingerprint density at radius 3 is 1.57 bits per heavy atom. The highest BCUT2D eigenvalue weighted by molar-refractivity contribution is 6.04. The van der Waals surface area contributed by atoms with Crippen LogP contribution in [0.25, 0.3) is 33.2 Å². The topological polar surface area (TPSA) is 208 Å². The summed E-state index contributed by atoms with van der Waals surface area (Å²) in [5.41, 5.74) is -2.19. The fourth-order valence-electron chi connectivity index (χ4n) is 5.93. The fourth-order valence-corrected chi connectivity index (χ4v) is 5.93. The van der Waals surface area contributed by atoms with Crippen molar-refractivity contribution in [1.29, 1.82) is 0 Å². The van der Waals surface area contributed by atoms with Crippen molar-refractivity contribution in [2.24, 2.45) is 0 Å². The van der Waals surface area contributed by atoms with Crippen LogP contribution >= 0.6 is 0 Å². The summed E-state index contributed by atoms with van der Waals surface area (Å²) in [7, 11) is 0. The van der Waals surface area contributed by atoms with E-state index in [0.717, 1.165) is 12.1 Å². The van der Waals surface area contributed by atoms with Gasteiger partial charge in [0.25, 0.3) is 11.8 Å². The molecule has 0 saturated carbocycles. The zero-order valence-corrected chi connectivity index (χ0v) is 30.5. The van der Waals surface area contributed by atoms with Crippen molar-refractivity contribution in [2.75, 3.05) is 6.61 Å². The Labute approximate surface area is 330 Å². The molecule has 8 aromatic rings. The van der Waals surface area contributed by atoms with E-state index in [1.165, 1.54) is 46.0 Å². The number of carbonyl (C=O) groups is 4. The van der Waals surface area contributed by atoms with Crippen molar-refractivity contribution in [3.8, 4) is 0 Å². The van der Waals surface area contributed by atoms with E-state index in [1.54, 1.807) is 31.5 Å². The van der Waals surface area contributed by atoms with Crippen molar-refractivity contribution >= 4 is 57.0 Å². The van der Waals surface area contributed by atoms with Crippen LogP contribution in [0.5, 0.6) is 0 Å². The third kappa shape index (κ3) is 8.28. The van der Waals surface area contributed by atoms with Crippen molar-refractivity contribution in [2.45, 2.75) is 32.4 Å². The number of ether oxygens (including phenoxy) is 1. The Morgan fingerprint density at radius 2 is 1.13 bits per heavy atom. The number of aromatic carboxylic acids is 1. The quantitative estimate of drug-likeness (QED) is 0.102. The van der Waals surface area contributed by atoms with Gasteiger partial charge in [-0.05, 0) is 55.5 Å². The van der Waals surface area contributed by atoms with Crippen LogP contribution in [0.4, 0.5) is 26.3 Å². The molecule has 308 valence electrons. The number of alkyl halides is 6. The number of nitrogens with zero attached hydrogens (tertiary/aromatic N) is 6. The maximum Gasteiger partial charge on any atom is 0.416 e. The highest BCUT2D eigenvalue weighted by Crippen LogP contribution is 2.36. The van der Waals surface area contributed by atoms with Crippen LogP contribution in [0.3, 0.4) is 0 Å². The summed E-state index contributed by atoms with van der Waals surface area (Å²) in [6, 6.07) is 8.78. The molecule has 0 aliphatic heterocycles. The van der Waals surface area contributed by atoms with Gasteiger partial charge in [-0.1, -0.05) is 0 Å². The molecule has 0 saturated heterocycles. The monoisotopic (exact) mass is 836 g/mol. The largest absolute Gasteiger partial charge is 0.478 e. The number of nitrogens with one attached hydrogen (secondary N) is 2. The molecule has 0 fully saturated rings. The van der Waals surface area contributed by atoms with Crippen molar-refractivity contribution in [3.63, 3.8) is 0 Å². The molecule has 6 aromatic heterocycles. The number of furan rings is 2. The molecule has 0 radical (unpaired) electrons. The maximum atomic E-state index is 13.2. The molecule has 2 amide bonds. The van der Waals surface area contributed by atoms with E-state index in [0.29, 0.717) is 23.4 Å². The summed E-state index contributed by atoms with van der Waals surface area (Å²) in [6.07, 6.45) is -0.421. The number of carbonyl (C=O) groups excluding carboxylic acids is 3. The molecule has 0 aliphatic rings. The fraction of sp³-hybridized carbons (Fsp3) is 0.158. The number of benzene rings is 2. The van der Waals surface area contributed by atoms with Crippen LogP contribution in [0.15, 0.2) is 94.5 Å². The number of carboxylic acid groups (broad SMARTS) is 1. The van der Waals surface area contributed by atoms with Crippen LogP contribution in [0.1, 0.15) is 71.0 Å². The van der Waals surface area contributed by atoms with E-state index >= 15 is 0 Å². The van der Waals surface area contributed by atoms with Gasteiger partial charge in [0.2, 0.25) is 0 Å². The molecular weight excluding hydrogens is 810 g/mol. The lowest BCUT2D eigenvalue weighted by Crippen LogP contribution is -2.22. The first-order valence-corrected chi connectivity index (χ1v) is 17.3. The minimum atomic E-state index is -4.71. The second-order valence-corrected chi connectivity index (χ2v) is 12.6. The molecule has 2 aromatic carbocycles. The number of aromatic nitrogens is 6. The van der Waals surface area contributed by atoms with Gasteiger partial charge in [0.15, 0.2) is 11.3 Å². The molecule has 0 aliphatic carbocycles. The van der Waals surface area contributed by atoms with E-state index in [-0.39, 0.29) is 69.8 Å². The Bertz CT molecular complexity index is 2950. The Balaban J connectivity index is 0.000000182. The van der Waals surface area contributed by atoms with Gasteiger partial charge in [-0.25, -0.2) is 28.6 Å². The van der Waals surface area contributed by atoms with Gasteiger partial charge in [-0.2, -0.15) is 36.5 Å². The summed E-state index contributed by atoms with van der Waals surface area (Å²) in [6.45, 7) is 1.24. The molecule has 22 heteroatoms. The predicted octanol–water partition coefficient (Wildman–Crippen LogP) is 6.72. The normalized spacial score (nSPS) is 11.8. The zero-order chi connectivity index (χ0) is 42.9. The van der Waals surface area contributed by atoms with Gasteiger partial charge < -0.3 is 29.3 Å². The molecular formula is C38H26F6N8O8. The number of esters is 1. The highest BCUT2D eigenvalue weighted by Gasteiger charge is 2.34. The zero-order valence-electron chi connectivity index (χ0n) is 30.5. The molecule has 0 spiro atoms. The number of fused-ring (bicyclic) bond motifs is 4. The summed E-state index contributed by atoms with van der Waals surface area (Å²) in [4.78, 5) is 56.5. The van der Waals surface area contributed by atoms with Crippen LogP contribution in [0, 0.1) is 0 Å². The average Bonchev–Trinajstić information content (AvgIpc) is 4.02. The summed E-state index contributed by atoms with van der Waals surface area (Å²) in [5.74, 6) is -3.23. The van der Waals surface area contributed by atoms with Gasteiger partial charge in [0, 0.05) is 35.6 Å². The second kappa shape index (κ2) is 15.9. The lowest BCUT2D eigenvalue weighted by atomic mass is 10.1. The van der Waals surface area contributed by atoms with Crippen LogP contribution in [0.2, 0.25) is 0 Å². The van der Waals surface area contributed by atoms with Crippen LogP contribution in [-0.2, 0) is 30.2 Å². The number of hydrogen-bond acceptors (Lipinski definition) is 11.